The fourth-order valence-corrected chi connectivity index (χ4v) is 2.69. The van der Waals surface area contributed by atoms with Crippen molar-refractivity contribution in [3.8, 4) is 0 Å². The first-order valence-corrected chi connectivity index (χ1v) is 6.61. The fourth-order valence-electron chi connectivity index (χ4n) is 1.77. The van der Waals surface area contributed by atoms with E-state index >= 15 is 0 Å². The molecule has 0 saturated carbocycles. The van der Waals surface area contributed by atoms with Crippen molar-refractivity contribution in [2.45, 2.75) is 0 Å². The molecule has 0 fully saturated rings. The van der Waals surface area contributed by atoms with Crippen LogP contribution in [0.25, 0.3) is 10.2 Å². The summed E-state index contributed by atoms with van der Waals surface area (Å²) in [5.41, 5.74) is 7.98. The summed E-state index contributed by atoms with van der Waals surface area (Å²) >= 11 is 1.37. The van der Waals surface area contributed by atoms with Crippen LogP contribution in [0.4, 0.5) is 22.2 Å². The van der Waals surface area contributed by atoms with E-state index < -0.39 is 4.92 Å². The number of hydrogen-bond acceptors (Lipinski definition) is 6. The Morgan fingerprint density at radius 1 is 1.20 bits per heavy atom. The van der Waals surface area contributed by atoms with Crippen LogP contribution in [-0.4, -0.2) is 9.91 Å². The highest BCUT2D eigenvalue weighted by Crippen LogP contribution is 2.30. The topological polar surface area (TPSA) is 94.1 Å². The zero-order valence-corrected chi connectivity index (χ0v) is 11.1. The molecule has 0 amide bonds. The number of rotatable bonds is 3. The Bertz CT molecular complexity index is 783. The van der Waals surface area contributed by atoms with Gasteiger partial charge in [-0.25, -0.2) is 4.98 Å². The van der Waals surface area contributed by atoms with Crippen molar-refractivity contribution < 1.29 is 4.92 Å². The van der Waals surface area contributed by atoms with Crippen LogP contribution >= 0.6 is 11.3 Å². The van der Waals surface area contributed by atoms with Gasteiger partial charge >= 0.3 is 0 Å². The van der Waals surface area contributed by atoms with E-state index in [0.717, 1.165) is 15.9 Å². The molecular formula is C13H10N4O2S. The Morgan fingerprint density at radius 3 is 2.65 bits per heavy atom. The lowest BCUT2D eigenvalue weighted by Gasteiger charge is -2.01. The van der Waals surface area contributed by atoms with E-state index in [9.17, 15) is 10.1 Å². The summed E-state index contributed by atoms with van der Waals surface area (Å²) in [6, 6.07) is 11.9. The molecule has 0 saturated heterocycles. The van der Waals surface area contributed by atoms with E-state index in [1.54, 1.807) is 18.2 Å². The Labute approximate surface area is 118 Å². The van der Waals surface area contributed by atoms with Crippen molar-refractivity contribution in [1.29, 1.82) is 0 Å². The first-order valence-electron chi connectivity index (χ1n) is 5.79. The second-order valence-corrected chi connectivity index (χ2v) is 5.21. The van der Waals surface area contributed by atoms with E-state index in [2.05, 4.69) is 10.3 Å². The van der Waals surface area contributed by atoms with Gasteiger partial charge in [-0.05, 0) is 30.3 Å². The summed E-state index contributed by atoms with van der Waals surface area (Å²) in [6.45, 7) is 0. The van der Waals surface area contributed by atoms with Gasteiger partial charge in [-0.1, -0.05) is 11.3 Å². The number of nitrogen functional groups attached to an aromatic ring is 1. The highest BCUT2D eigenvalue weighted by molar-refractivity contribution is 7.22. The highest BCUT2D eigenvalue weighted by Gasteiger charge is 2.10. The second kappa shape index (κ2) is 4.78. The summed E-state index contributed by atoms with van der Waals surface area (Å²) in [5, 5.41) is 14.6. The van der Waals surface area contributed by atoms with Crippen LogP contribution in [0.1, 0.15) is 0 Å². The molecule has 0 aliphatic rings. The van der Waals surface area contributed by atoms with Crippen molar-refractivity contribution in [3.05, 3.63) is 52.6 Å². The number of nitrogens with one attached hydrogen (secondary N) is 1. The van der Waals surface area contributed by atoms with Crippen LogP contribution in [0, 0.1) is 10.1 Å². The highest BCUT2D eigenvalue weighted by atomic mass is 32.1. The van der Waals surface area contributed by atoms with Crippen LogP contribution in [-0.2, 0) is 0 Å². The van der Waals surface area contributed by atoms with Gasteiger partial charge in [0, 0.05) is 23.5 Å². The van der Waals surface area contributed by atoms with Gasteiger partial charge in [0.15, 0.2) is 5.13 Å². The zero-order chi connectivity index (χ0) is 14.1. The molecule has 0 atom stereocenters. The number of non-ortho nitro benzene ring substituents is 1. The molecule has 3 rings (SSSR count). The molecule has 0 unspecified atom stereocenters. The maximum absolute atomic E-state index is 10.7. The molecule has 20 heavy (non-hydrogen) atoms. The van der Waals surface area contributed by atoms with Crippen molar-refractivity contribution in [1.82, 2.24) is 4.98 Å². The molecule has 3 N–H and O–H groups in total. The van der Waals surface area contributed by atoms with E-state index in [0.29, 0.717) is 10.8 Å². The molecule has 3 aromatic rings. The van der Waals surface area contributed by atoms with E-state index in [-0.39, 0.29) is 5.69 Å². The van der Waals surface area contributed by atoms with E-state index in [4.69, 9.17) is 5.73 Å². The molecule has 7 heteroatoms. The number of nitro groups is 1. The third-order valence-corrected chi connectivity index (χ3v) is 3.68. The second-order valence-electron chi connectivity index (χ2n) is 4.18. The van der Waals surface area contributed by atoms with Crippen LogP contribution in [0.15, 0.2) is 42.5 Å². The van der Waals surface area contributed by atoms with Crippen LogP contribution < -0.4 is 11.1 Å². The molecule has 1 aromatic heterocycles. The van der Waals surface area contributed by atoms with Gasteiger partial charge in [-0.2, -0.15) is 0 Å². The predicted octanol–water partition coefficient (Wildman–Crippen LogP) is 3.53. The van der Waals surface area contributed by atoms with Gasteiger partial charge in [0.25, 0.3) is 5.69 Å². The number of anilines is 3. The molecule has 0 aliphatic heterocycles. The van der Waals surface area contributed by atoms with Gasteiger partial charge in [0.05, 0.1) is 15.1 Å². The molecular weight excluding hydrogens is 276 g/mol. The minimum atomic E-state index is -0.410. The zero-order valence-electron chi connectivity index (χ0n) is 10.2. The quantitative estimate of drug-likeness (QED) is 0.436. The molecule has 2 aromatic carbocycles. The predicted molar refractivity (Wildman–Crippen MR) is 80.4 cm³/mol. The van der Waals surface area contributed by atoms with Crippen molar-refractivity contribution in [3.63, 3.8) is 0 Å². The number of nitrogens with zero attached hydrogens (tertiary/aromatic N) is 2. The van der Waals surface area contributed by atoms with Crippen molar-refractivity contribution in [2.75, 3.05) is 11.1 Å². The number of benzene rings is 2. The minimum Gasteiger partial charge on any atom is -0.399 e. The Kier molecular flexibility index (Phi) is 2.96. The number of nitrogens with two attached hydrogens (primary N) is 1. The van der Waals surface area contributed by atoms with Crippen LogP contribution in [0.5, 0.6) is 0 Å². The lowest BCUT2D eigenvalue weighted by atomic mass is 10.3. The van der Waals surface area contributed by atoms with Gasteiger partial charge < -0.3 is 11.1 Å². The smallest absolute Gasteiger partial charge is 0.270 e. The summed E-state index contributed by atoms with van der Waals surface area (Å²) in [5.74, 6) is 0. The third kappa shape index (κ3) is 2.39. The first kappa shape index (κ1) is 12.4. The first-order chi connectivity index (χ1) is 9.61. The number of hydrogen-bond donors (Lipinski definition) is 2. The normalized spacial score (nSPS) is 10.6. The number of thiazole rings is 1. The standard InChI is InChI=1S/C13H10N4O2S/c14-8-1-3-9(4-2-8)15-13-16-11-6-5-10(17(18)19)7-12(11)20-13/h1-7H,14H2,(H,15,16). The van der Waals surface area contributed by atoms with Gasteiger partial charge in [-0.3, -0.25) is 10.1 Å². The molecule has 0 bridgehead atoms. The Morgan fingerprint density at radius 2 is 1.95 bits per heavy atom. The lowest BCUT2D eigenvalue weighted by Crippen LogP contribution is -1.90. The molecule has 0 radical (unpaired) electrons. The van der Waals surface area contributed by atoms with Crippen LogP contribution in [0.2, 0.25) is 0 Å². The molecule has 100 valence electrons. The Hall–Kier alpha value is -2.67. The largest absolute Gasteiger partial charge is 0.399 e. The molecule has 0 aliphatic carbocycles. The lowest BCUT2D eigenvalue weighted by molar-refractivity contribution is -0.384. The van der Waals surface area contributed by atoms with Crippen molar-refractivity contribution in [2.24, 2.45) is 0 Å². The Balaban J connectivity index is 1.92. The van der Waals surface area contributed by atoms with Gasteiger partial charge in [-0.15, -0.1) is 0 Å². The van der Waals surface area contributed by atoms with E-state index in [1.165, 1.54) is 23.5 Å². The van der Waals surface area contributed by atoms with Crippen LogP contribution in [0.3, 0.4) is 0 Å². The van der Waals surface area contributed by atoms with E-state index in [1.807, 2.05) is 12.1 Å². The number of nitro benzene ring substituents is 1. The minimum absolute atomic E-state index is 0.0696. The fraction of sp³-hybridized carbons (Fsp3) is 0. The number of aromatic nitrogens is 1. The summed E-state index contributed by atoms with van der Waals surface area (Å²) in [7, 11) is 0. The molecule has 6 nitrogen and oxygen atoms in total. The maximum Gasteiger partial charge on any atom is 0.270 e. The molecule has 0 spiro atoms. The average molecular weight is 286 g/mol. The summed E-state index contributed by atoms with van der Waals surface area (Å²) < 4.78 is 0.775. The monoisotopic (exact) mass is 286 g/mol. The van der Waals surface area contributed by atoms with Crippen molar-refractivity contribution >= 4 is 43.7 Å². The third-order valence-electron chi connectivity index (χ3n) is 2.74. The maximum atomic E-state index is 10.7. The number of fused-ring (bicyclic) bond motifs is 1. The summed E-state index contributed by atoms with van der Waals surface area (Å²) in [4.78, 5) is 14.7. The summed E-state index contributed by atoms with van der Waals surface area (Å²) in [6.07, 6.45) is 0. The van der Waals surface area contributed by atoms with Gasteiger partial charge in [0.2, 0.25) is 0 Å². The average Bonchev–Trinajstić information content (AvgIpc) is 2.82. The van der Waals surface area contributed by atoms with Gasteiger partial charge in [0.1, 0.15) is 0 Å². The molecule has 1 heterocycles. The SMILES string of the molecule is Nc1ccc(Nc2nc3ccc([N+](=O)[O-])cc3s2)cc1.